The summed E-state index contributed by atoms with van der Waals surface area (Å²) in [7, 11) is 0. The normalized spacial score (nSPS) is 19.4. The number of aromatic nitrogens is 2. The van der Waals surface area contributed by atoms with E-state index in [1.807, 2.05) is 17.4 Å². The van der Waals surface area contributed by atoms with Crippen molar-refractivity contribution < 1.29 is 4.79 Å². The Bertz CT molecular complexity index is 377. The van der Waals surface area contributed by atoms with Crippen LogP contribution >= 0.6 is 0 Å². The van der Waals surface area contributed by atoms with E-state index in [-0.39, 0.29) is 6.03 Å². The molecule has 5 heteroatoms. The first-order chi connectivity index (χ1) is 9.25. The number of nitrogens with one attached hydrogen (secondary N) is 1. The van der Waals surface area contributed by atoms with Crippen molar-refractivity contribution in [1.82, 2.24) is 19.8 Å². The number of urea groups is 1. The molecule has 1 saturated heterocycles. The topological polar surface area (TPSA) is 50.2 Å². The van der Waals surface area contributed by atoms with Gasteiger partial charge in [0.1, 0.15) is 0 Å². The molecule has 1 N–H and O–H groups in total. The predicted octanol–water partition coefficient (Wildman–Crippen LogP) is 2.10. The Balaban J connectivity index is 1.56. The van der Waals surface area contributed by atoms with Crippen LogP contribution in [0.3, 0.4) is 0 Å². The van der Waals surface area contributed by atoms with E-state index in [0.29, 0.717) is 5.92 Å². The fraction of sp³-hybridized carbons (Fsp3) is 0.714. The fourth-order valence-corrected chi connectivity index (χ4v) is 2.52. The van der Waals surface area contributed by atoms with Gasteiger partial charge in [-0.3, -0.25) is 0 Å². The second-order valence-corrected chi connectivity index (χ2v) is 5.43. The Kier molecular flexibility index (Phi) is 5.24. The van der Waals surface area contributed by atoms with Crippen LogP contribution in [-0.4, -0.2) is 40.1 Å². The Morgan fingerprint density at radius 2 is 2.37 bits per heavy atom. The SMILES string of the molecule is CC1CCCN(C(=O)NCCCCn2ccnc2)C1. The van der Waals surface area contributed by atoms with Crippen LogP contribution in [-0.2, 0) is 6.54 Å². The average molecular weight is 264 g/mol. The van der Waals surface area contributed by atoms with Crippen molar-refractivity contribution >= 4 is 6.03 Å². The van der Waals surface area contributed by atoms with Crippen molar-refractivity contribution in [3.8, 4) is 0 Å². The lowest BCUT2D eigenvalue weighted by molar-refractivity contribution is 0.169. The minimum atomic E-state index is 0.106. The van der Waals surface area contributed by atoms with E-state index in [0.717, 1.165) is 45.4 Å². The molecule has 0 saturated carbocycles. The Morgan fingerprint density at radius 3 is 3.11 bits per heavy atom. The molecule has 1 aromatic rings. The van der Waals surface area contributed by atoms with Gasteiger partial charge in [0.2, 0.25) is 0 Å². The summed E-state index contributed by atoms with van der Waals surface area (Å²) in [5.41, 5.74) is 0. The van der Waals surface area contributed by atoms with E-state index in [2.05, 4.69) is 21.8 Å². The van der Waals surface area contributed by atoms with Crippen LogP contribution in [0.1, 0.15) is 32.6 Å². The number of likely N-dealkylation sites (tertiary alicyclic amines) is 1. The summed E-state index contributed by atoms with van der Waals surface area (Å²) in [6.45, 7) is 5.76. The van der Waals surface area contributed by atoms with Gasteiger partial charge in [0.15, 0.2) is 0 Å². The molecule has 1 aromatic heterocycles. The van der Waals surface area contributed by atoms with Gasteiger partial charge in [-0.15, -0.1) is 0 Å². The zero-order chi connectivity index (χ0) is 13.5. The molecule has 1 atom stereocenters. The molecule has 106 valence electrons. The standard InChI is InChI=1S/C14H24N4O/c1-13-5-4-9-18(11-13)14(19)16-6-2-3-8-17-10-7-15-12-17/h7,10,12-13H,2-6,8-9,11H2,1H3,(H,16,19). The van der Waals surface area contributed by atoms with E-state index in [1.54, 1.807) is 6.20 Å². The summed E-state index contributed by atoms with van der Waals surface area (Å²) >= 11 is 0. The van der Waals surface area contributed by atoms with Gasteiger partial charge in [0.25, 0.3) is 0 Å². The monoisotopic (exact) mass is 264 g/mol. The first-order valence-electron chi connectivity index (χ1n) is 7.24. The summed E-state index contributed by atoms with van der Waals surface area (Å²) in [4.78, 5) is 17.9. The number of hydrogen-bond donors (Lipinski definition) is 1. The van der Waals surface area contributed by atoms with Crippen LogP contribution in [0, 0.1) is 5.92 Å². The maximum atomic E-state index is 11.9. The fourth-order valence-electron chi connectivity index (χ4n) is 2.52. The molecule has 2 rings (SSSR count). The summed E-state index contributed by atoms with van der Waals surface area (Å²) in [5, 5.41) is 3.02. The molecule has 5 nitrogen and oxygen atoms in total. The summed E-state index contributed by atoms with van der Waals surface area (Å²) < 4.78 is 2.06. The molecule has 0 bridgehead atoms. The summed E-state index contributed by atoms with van der Waals surface area (Å²) in [5.74, 6) is 0.640. The van der Waals surface area contributed by atoms with Gasteiger partial charge >= 0.3 is 6.03 Å². The minimum Gasteiger partial charge on any atom is -0.338 e. The number of carbonyl (C=O) groups is 1. The predicted molar refractivity (Wildman–Crippen MR) is 74.8 cm³/mol. The lowest BCUT2D eigenvalue weighted by Gasteiger charge is -2.30. The third-order valence-electron chi connectivity index (χ3n) is 3.62. The van der Waals surface area contributed by atoms with E-state index < -0.39 is 0 Å². The number of amides is 2. The Hall–Kier alpha value is -1.52. The molecule has 1 aliphatic rings. The van der Waals surface area contributed by atoms with Gasteiger partial charge in [0, 0.05) is 38.6 Å². The number of aryl methyl sites for hydroxylation is 1. The van der Waals surface area contributed by atoms with Crippen molar-refractivity contribution in [1.29, 1.82) is 0 Å². The van der Waals surface area contributed by atoms with Crippen molar-refractivity contribution in [2.75, 3.05) is 19.6 Å². The molecule has 1 aliphatic heterocycles. The largest absolute Gasteiger partial charge is 0.338 e. The molecule has 0 spiro atoms. The molecule has 2 amide bonds. The maximum Gasteiger partial charge on any atom is 0.317 e. The molecular formula is C14H24N4O. The van der Waals surface area contributed by atoms with Gasteiger partial charge in [-0.2, -0.15) is 0 Å². The number of piperidine rings is 1. The van der Waals surface area contributed by atoms with Crippen LogP contribution in [0.5, 0.6) is 0 Å². The summed E-state index contributed by atoms with van der Waals surface area (Å²) in [6, 6.07) is 0.106. The Labute approximate surface area is 115 Å². The Morgan fingerprint density at radius 1 is 1.47 bits per heavy atom. The molecular weight excluding hydrogens is 240 g/mol. The highest BCUT2D eigenvalue weighted by Crippen LogP contribution is 2.15. The molecule has 0 aromatic carbocycles. The van der Waals surface area contributed by atoms with E-state index in [9.17, 15) is 4.79 Å². The molecule has 2 heterocycles. The van der Waals surface area contributed by atoms with E-state index in [1.165, 1.54) is 6.42 Å². The third kappa shape index (κ3) is 4.58. The highest BCUT2D eigenvalue weighted by molar-refractivity contribution is 5.74. The number of rotatable bonds is 5. The summed E-state index contributed by atoms with van der Waals surface area (Å²) in [6.07, 6.45) is 10.0. The number of hydrogen-bond acceptors (Lipinski definition) is 2. The second kappa shape index (κ2) is 7.16. The molecule has 1 unspecified atom stereocenters. The average Bonchev–Trinajstić information content (AvgIpc) is 2.91. The van der Waals surface area contributed by atoms with Crippen molar-refractivity contribution in [2.24, 2.45) is 5.92 Å². The van der Waals surface area contributed by atoms with Gasteiger partial charge in [-0.05, 0) is 31.6 Å². The van der Waals surface area contributed by atoms with Gasteiger partial charge in [0.05, 0.1) is 6.33 Å². The van der Waals surface area contributed by atoms with Crippen LogP contribution in [0.2, 0.25) is 0 Å². The van der Waals surface area contributed by atoms with Crippen LogP contribution < -0.4 is 5.32 Å². The van der Waals surface area contributed by atoms with Gasteiger partial charge in [-0.25, -0.2) is 9.78 Å². The smallest absolute Gasteiger partial charge is 0.317 e. The van der Waals surface area contributed by atoms with E-state index in [4.69, 9.17) is 0 Å². The van der Waals surface area contributed by atoms with Crippen molar-refractivity contribution in [3.05, 3.63) is 18.7 Å². The molecule has 1 fully saturated rings. The van der Waals surface area contributed by atoms with Crippen molar-refractivity contribution in [3.63, 3.8) is 0 Å². The highest BCUT2D eigenvalue weighted by atomic mass is 16.2. The third-order valence-corrected chi connectivity index (χ3v) is 3.62. The zero-order valence-electron chi connectivity index (χ0n) is 11.7. The number of carbonyl (C=O) groups excluding carboxylic acids is 1. The maximum absolute atomic E-state index is 11.9. The quantitative estimate of drug-likeness (QED) is 0.828. The number of unbranched alkanes of at least 4 members (excludes halogenated alkanes) is 1. The minimum absolute atomic E-state index is 0.106. The number of nitrogens with zero attached hydrogens (tertiary/aromatic N) is 3. The number of imidazole rings is 1. The highest BCUT2D eigenvalue weighted by Gasteiger charge is 2.20. The molecule has 19 heavy (non-hydrogen) atoms. The zero-order valence-corrected chi connectivity index (χ0v) is 11.7. The molecule has 0 radical (unpaired) electrons. The lowest BCUT2D eigenvalue weighted by atomic mass is 10.0. The van der Waals surface area contributed by atoms with Crippen LogP contribution in [0.15, 0.2) is 18.7 Å². The van der Waals surface area contributed by atoms with Crippen LogP contribution in [0.4, 0.5) is 4.79 Å². The van der Waals surface area contributed by atoms with Gasteiger partial charge < -0.3 is 14.8 Å². The first kappa shape index (κ1) is 13.9. The van der Waals surface area contributed by atoms with Crippen LogP contribution in [0.25, 0.3) is 0 Å². The van der Waals surface area contributed by atoms with Crippen molar-refractivity contribution in [2.45, 2.75) is 39.2 Å². The first-order valence-corrected chi connectivity index (χ1v) is 7.24. The van der Waals surface area contributed by atoms with E-state index >= 15 is 0 Å². The second-order valence-electron chi connectivity index (χ2n) is 5.43. The molecule has 0 aliphatic carbocycles. The van der Waals surface area contributed by atoms with Gasteiger partial charge in [-0.1, -0.05) is 6.92 Å². The lowest BCUT2D eigenvalue weighted by Crippen LogP contribution is -2.45.